The Bertz CT molecular complexity index is 1070. The lowest BCUT2D eigenvalue weighted by Gasteiger charge is -2.30. The van der Waals surface area contributed by atoms with Crippen molar-refractivity contribution in [2.45, 2.75) is 85.0 Å². The summed E-state index contributed by atoms with van der Waals surface area (Å²) < 4.78 is 8.29. The van der Waals surface area contributed by atoms with Gasteiger partial charge in [-0.15, -0.1) is 0 Å². The Morgan fingerprint density at radius 2 is 1.91 bits per heavy atom. The lowest BCUT2D eigenvalue weighted by atomic mass is 9.83. The van der Waals surface area contributed by atoms with Crippen molar-refractivity contribution in [2.24, 2.45) is 23.5 Å². The number of anilines is 1. The molecule has 3 N–H and O–H groups in total. The second-order valence-corrected chi connectivity index (χ2v) is 10.2. The minimum atomic E-state index is -0.708. The molecular formula is C24H36ClN5O4. The Labute approximate surface area is 205 Å². The molecule has 188 valence electrons. The lowest BCUT2D eigenvalue weighted by molar-refractivity contribution is -0.118. The van der Waals surface area contributed by atoms with Crippen LogP contribution in [0.2, 0.25) is 0 Å². The maximum absolute atomic E-state index is 13.3. The highest BCUT2D eigenvalue weighted by Crippen LogP contribution is 2.32. The Morgan fingerprint density at radius 1 is 1.24 bits per heavy atom. The van der Waals surface area contributed by atoms with E-state index >= 15 is 0 Å². The summed E-state index contributed by atoms with van der Waals surface area (Å²) in [5, 5.41) is 3.83. The van der Waals surface area contributed by atoms with Crippen molar-refractivity contribution in [3.8, 4) is 0 Å². The number of halogens is 1. The molecule has 1 aromatic heterocycles. The predicted molar refractivity (Wildman–Crippen MR) is 133 cm³/mol. The predicted octanol–water partition coefficient (Wildman–Crippen LogP) is 2.97. The molecule has 2 atom stereocenters. The quantitative estimate of drug-likeness (QED) is 0.545. The van der Waals surface area contributed by atoms with Gasteiger partial charge in [0.15, 0.2) is 0 Å². The Hall–Kier alpha value is -2.55. The SMILES string of the molecule is CC1CCC(Cn2c(NC3C=CC(OC(C)C)=C(Cl)C3C)nc(=O)n(CCC(N)=O)c2=O)CC1. The number of nitrogens with two attached hydrogens (primary N) is 1. The van der Waals surface area contributed by atoms with Gasteiger partial charge in [-0.1, -0.05) is 44.4 Å². The van der Waals surface area contributed by atoms with Crippen LogP contribution >= 0.6 is 11.6 Å². The molecule has 9 nitrogen and oxygen atoms in total. The number of hydrogen-bond acceptors (Lipinski definition) is 6. The van der Waals surface area contributed by atoms with E-state index in [-0.39, 0.29) is 37.0 Å². The molecule has 0 spiro atoms. The Kier molecular flexibility index (Phi) is 8.62. The van der Waals surface area contributed by atoms with Gasteiger partial charge < -0.3 is 15.8 Å². The second-order valence-electron chi connectivity index (χ2n) is 9.80. The number of rotatable bonds is 9. The van der Waals surface area contributed by atoms with E-state index < -0.39 is 17.3 Å². The van der Waals surface area contributed by atoms with Gasteiger partial charge in [-0.2, -0.15) is 4.98 Å². The van der Waals surface area contributed by atoms with E-state index in [2.05, 4.69) is 17.2 Å². The van der Waals surface area contributed by atoms with Crippen LogP contribution in [0.4, 0.5) is 5.95 Å². The van der Waals surface area contributed by atoms with Crippen LogP contribution in [0.15, 0.2) is 32.5 Å². The van der Waals surface area contributed by atoms with Gasteiger partial charge in [0.2, 0.25) is 11.9 Å². The van der Waals surface area contributed by atoms with Gasteiger partial charge in [-0.25, -0.2) is 14.2 Å². The van der Waals surface area contributed by atoms with Gasteiger partial charge >= 0.3 is 11.4 Å². The fourth-order valence-electron chi connectivity index (χ4n) is 4.48. The van der Waals surface area contributed by atoms with Gasteiger partial charge in [0.1, 0.15) is 5.76 Å². The molecule has 1 heterocycles. The summed E-state index contributed by atoms with van der Waals surface area (Å²) in [5.74, 6) is 1.08. The first-order chi connectivity index (χ1) is 16.1. The summed E-state index contributed by atoms with van der Waals surface area (Å²) in [7, 11) is 0. The zero-order chi connectivity index (χ0) is 25.0. The molecule has 1 aromatic rings. The fraction of sp³-hybridized carbons (Fsp3) is 0.667. The molecule has 3 rings (SSSR count). The van der Waals surface area contributed by atoms with E-state index in [9.17, 15) is 14.4 Å². The Morgan fingerprint density at radius 3 is 2.53 bits per heavy atom. The summed E-state index contributed by atoms with van der Waals surface area (Å²) in [6.07, 6.45) is 7.84. The Balaban J connectivity index is 1.92. The fourth-order valence-corrected chi connectivity index (χ4v) is 4.72. The third kappa shape index (κ3) is 6.31. The minimum Gasteiger partial charge on any atom is -0.490 e. The van der Waals surface area contributed by atoms with Gasteiger partial charge in [0.25, 0.3) is 0 Å². The molecule has 2 aliphatic rings. The van der Waals surface area contributed by atoms with Crippen LogP contribution in [-0.2, 0) is 22.6 Å². The highest BCUT2D eigenvalue weighted by molar-refractivity contribution is 6.30. The average Bonchev–Trinajstić information content (AvgIpc) is 2.76. The van der Waals surface area contributed by atoms with E-state index in [0.29, 0.717) is 29.2 Å². The van der Waals surface area contributed by atoms with Gasteiger partial charge in [-0.3, -0.25) is 9.36 Å². The lowest BCUT2D eigenvalue weighted by Crippen LogP contribution is -2.45. The topological polar surface area (TPSA) is 121 Å². The maximum atomic E-state index is 13.3. The molecule has 0 aromatic carbocycles. The first kappa shape index (κ1) is 26.1. The molecule has 10 heteroatoms. The van der Waals surface area contributed by atoms with Crippen LogP contribution in [0.5, 0.6) is 0 Å². The zero-order valence-electron chi connectivity index (χ0n) is 20.4. The number of ether oxygens (including phenoxy) is 1. The van der Waals surface area contributed by atoms with Gasteiger partial charge in [0.05, 0.1) is 17.2 Å². The monoisotopic (exact) mass is 493 g/mol. The number of amides is 1. The maximum Gasteiger partial charge on any atom is 0.354 e. The molecule has 0 aliphatic heterocycles. The van der Waals surface area contributed by atoms with E-state index in [1.165, 1.54) is 4.57 Å². The zero-order valence-corrected chi connectivity index (χ0v) is 21.2. The summed E-state index contributed by atoms with van der Waals surface area (Å²) in [5.41, 5.74) is 4.04. The number of nitrogens with one attached hydrogen (secondary N) is 1. The van der Waals surface area contributed by atoms with Crippen molar-refractivity contribution in [3.05, 3.63) is 43.9 Å². The molecule has 0 radical (unpaired) electrons. The molecule has 1 saturated carbocycles. The standard InChI is InChI=1S/C24H36ClN5O4/c1-14(2)34-19-10-9-18(16(4)21(19)25)27-22-28-23(32)29(12-11-20(26)31)24(33)30(22)13-17-7-5-15(3)6-8-17/h9-10,14-18H,5-8,11-13H2,1-4H3,(H2,26,31)(H,27,28,32). The summed E-state index contributed by atoms with van der Waals surface area (Å²) in [4.78, 5) is 41.5. The molecule has 1 fully saturated rings. The average molecular weight is 494 g/mol. The number of nitrogens with zero attached hydrogens (tertiary/aromatic N) is 3. The highest BCUT2D eigenvalue weighted by Gasteiger charge is 2.28. The third-order valence-corrected chi connectivity index (χ3v) is 7.13. The van der Waals surface area contributed by atoms with Crippen LogP contribution in [0.25, 0.3) is 0 Å². The molecule has 2 unspecified atom stereocenters. The number of carbonyl (C=O) groups is 1. The van der Waals surface area contributed by atoms with Crippen molar-refractivity contribution in [1.82, 2.24) is 14.1 Å². The number of hydrogen-bond donors (Lipinski definition) is 2. The molecule has 1 amide bonds. The normalized spacial score (nSPS) is 25.0. The van der Waals surface area contributed by atoms with Crippen LogP contribution in [0, 0.1) is 17.8 Å². The highest BCUT2D eigenvalue weighted by atomic mass is 35.5. The smallest absolute Gasteiger partial charge is 0.354 e. The largest absolute Gasteiger partial charge is 0.490 e. The second kappa shape index (κ2) is 11.3. The van der Waals surface area contributed by atoms with Crippen molar-refractivity contribution in [2.75, 3.05) is 5.32 Å². The van der Waals surface area contributed by atoms with E-state index in [1.54, 1.807) is 6.08 Å². The van der Waals surface area contributed by atoms with Gasteiger partial charge in [-0.05, 0) is 44.6 Å². The van der Waals surface area contributed by atoms with E-state index in [4.69, 9.17) is 22.1 Å². The van der Waals surface area contributed by atoms with Crippen molar-refractivity contribution in [3.63, 3.8) is 0 Å². The van der Waals surface area contributed by atoms with E-state index in [1.807, 2.05) is 26.8 Å². The first-order valence-electron chi connectivity index (χ1n) is 12.1. The summed E-state index contributed by atoms with van der Waals surface area (Å²) in [6.45, 7) is 8.42. The number of primary amides is 1. The summed E-state index contributed by atoms with van der Waals surface area (Å²) >= 11 is 6.57. The minimum absolute atomic E-state index is 0.0110. The van der Waals surface area contributed by atoms with E-state index in [0.717, 1.165) is 30.3 Å². The van der Waals surface area contributed by atoms with Crippen LogP contribution in [0.1, 0.15) is 59.8 Å². The summed E-state index contributed by atoms with van der Waals surface area (Å²) in [6, 6.07) is -0.280. The van der Waals surface area contributed by atoms with Gasteiger partial charge in [0, 0.05) is 25.4 Å². The first-order valence-corrected chi connectivity index (χ1v) is 12.5. The van der Waals surface area contributed by atoms with Crippen molar-refractivity contribution < 1.29 is 9.53 Å². The number of carbonyl (C=O) groups excluding carboxylic acids is 1. The van der Waals surface area contributed by atoms with Crippen LogP contribution < -0.4 is 22.4 Å². The number of aromatic nitrogens is 3. The molecule has 34 heavy (non-hydrogen) atoms. The van der Waals surface area contributed by atoms with Crippen LogP contribution in [0.3, 0.4) is 0 Å². The molecular weight excluding hydrogens is 458 g/mol. The van der Waals surface area contributed by atoms with Crippen LogP contribution in [-0.4, -0.2) is 32.2 Å². The number of allylic oxidation sites excluding steroid dienone is 1. The molecule has 0 saturated heterocycles. The molecule has 0 bridgehead atoms. The molecule has 2 aliphatic carbocycles. The van der Waals surface area contributed by atoms with Crippen molar-refractivity contribution in [1.29, 1.82) is 0 Å². The van der Waals surface area contributed by atoms with Crippen molar-refractivity contribution >= 4 is 23.5 Å². The third-order valence-electron chi connectivity index (χ3n) is 6.60.